The number of aliphatic hydroxyl groups excluding tert-OH is 1. The van der Waals surface area contributed by atoms with E-state index in [4.69, 9.17) is 0 Å². The summed E-state index contributed by atoms with van der Waals surface area (Å²) in [6.45, 7) is 1.15. The Morgan fingerprint density at radius 2 is 2.22 bits per heavy atom. The number of aliphatic hydroxyl groups is 1. The largest absolute Gasteiger partial charge is 0.394 e. The van der Waals surface area contributed by atoms with E-state index in [1.54, 1.807) is 12.4 Å². The number of hydrogen-bond donors (Lipinski definition) is 1. The topological polar surface area (TPSA) is 53.7 Å². The number of nitrogens with zero attached hydrogens (tertiary/aromatic N) is 4. The van der Waals surface area contributed by atoms with Crippen molar-refractivity contribution >= 4 is 11.3 Å². The van der Waals surface area contributed by atoms with Crippen LogP contribution in [0.25, 0.3) is 5.52 Å². The van der Waals surface area contributed by atoms with Crippen LogP contribution >= 0.6 is 0 Å². The zero-order valence-corrected chi connectivity index (χ0v) is 10.4. The summed E-state index contributed by atoms with van der Waals surface area (Å²) in [5.74, 6) is 0.941. The normalized spacial score (nSPS) is 21.2. The first kappa shape index (κ1) is 11.5. The third kappa shape index (κ3) is 1.95. The Labute approximate surface area is 106 Å². The van der Waals surface area contributed by atoms with E-state index in [0.717, 1.165) is 30.7 Å². The average molecular weight is 246 g/mol. The molecule has 3 heterocycles. The molecule has 1 aliphatic rings. The van der Waals surface area contributed by atoms with E-state index >= 15 is 0 Å². The van der Waals surface area contributed by atoms with E-state index in [-0.39, 0.29) is 12.6 Å². The average Bonchev–Trinajstić information content (AvgIpc) is 2.76. The lowest BCUT2D eigenvalue weighted by Gasteiger charge is -2.29. The number of rotatable bonds is 2. The Balaban J connectivity index is 2.02. The van der Waals surface area contributed by atoms with Gasteiger partial charge in [0.2, 0.25) is 0 Å². The molecule has 0 amide bonds. The van der Waals surface area contributed by atoms with E-state index in [1.165, 1.54) is 12.8 Å². The molecule has 0 radical (unpaired) electrons. The van der Waals surface area contributed by atoms with Crippen molar-refractivity contribution < 1.29 is 5.11 Å². The second-order valence-electron chi connectivity index (χ2n) is 4.79. The van der Waals surface area contributed by atoms with Crippen molar-refractivity contribution in [1.29, 1.82) is 0 Å². The molecule has 1 unspecified atom stereocenters. The van der Waals surface area contributed by atoms with Crippen LogP contribution in [0.5, 0.6) is 0 Å². The van der Waals surface area contributed by atoms with Crippen LogP contribution in [0.2, 0.25) is 0 Å². The summed E-state index contributed by atoms with van der Waals surface area (Å²) in [6, 6.07) is 2.16. The number of aromatic nitrogens is 3. The molecular weight excluding hydrogens is 228 g/mol. The molecule has 1 saturated heterocycles. The monoisotopic (exact) mass is 246 g/mol. The fourth-order valence-corrected chi connectivity index (χ4v) is 2.71. The molecule has 5 heteroatoms. The van der Waals surface area contributed by atoms with Gasteiger partial charge in [0, 0.05) is 18.9 Å². The van der Waals surface area contributed by atoms with Crippen LogP contribution < -0.4 is 4.90 Å². The number of fused-ring (bicyclic) bond motifs is 1. The maximum Gasteiger partial charge on any atom is 0.155 e. The molecule has 0 bridgehead atoms. The quantitative estimate of drug-likeness (QED) is 0.872. The van der Waals surface area contributed by atoms with Gasteiger partial charge in [-0.3, -0.25) is 0 Å². The molecule has 3 rings (SSSR count). The predicted octanol–water partition coefficient (Wildman–Crippen LogP) is 1.47. The molecule has 2 aromatic heterocycles. The molecule has 96 valence electrons. The maximum absolute atomic E-state index is 9.58. The molecule has 1 fully saturated rings. The van der Waals surface area contributed by atoms with E-state index in [0.29, 0.717) is 0 Å². The second kappa shape index (κ2) is 4.94. The predicted molar refractivity (Wildman–Crippen MR) is 69.7 cm³/mol. The van der Waals surface area contributed by atoms with Gasteiger partial charge < -0.3 is 10.0 Å². The van der Waals surface area contributed by atoms with Crippen LogP contribution in [0.4, 0.5) is 5.82 Å². The first-order valence-corrected chi connectivity index (χ1v) is 6.56. The lowest BCUT2D eigenvalue weighted by atomic mass is 10.1. The third-order valence-corrected chi connectivity index (χ3v) is 3.66. The Kier molecular flexibility index (Phi) is 3.15. The summed E-state index contributed by atoms with van der Waals surface area (Å²) in [4.78, 5) is 6.74. The van der Waals surface area contributed by atoms with Gasteiger partial charge in [-0.2, -0.15) is 5.10 Å². The molecule has 1 atom stereocenters. The first-order valence-electron chi connectivity index (χ1n) is 6.56. The lowest BCUT2D eigenvalue weighted by Crippen LogP contribution is -2.38. The van der Waals surface area contributed by atoms with Crippen LogP contribution in [0.1, 0.15) is 25.7 Å². The van der Waals surface area contributed by atoms with Gasteiger partial charge in [0.1, 0.15) is 5.52 Å². The van der Waals surface area contributed by atoms with Crippen LogP contribution in [-0.2, 0) is 0 Å². The van der Waals surface area contributed by atoms with Gasteiger partial charge in [-0.05, 0) is 18.9 Å². The van der Waals surface area contributed by atoms with Crippen molar-refractivity contribution in [2.75, 3.05) is 18.1 Å². The molecule has 0 aromatic carbocycles. The maximum atomic E-state index is 9.58. The molecule has 0 spiro atoms. The molecule has 0 saturated carbocycles. The van der Waals surface area contributed by atoms with E-state index < -0.39 is 0 Å². The molecule has 2 aromatic rings. The van der Waals surface area contributed by atoms with Gasteiger partial charge in [0.25, 0.3) is 0 Å². The molecule has 0 aliphatic carbocycles. The van der Waals surface area contributed by atoms with Crippen molar-refractivity contribution in [3.05, 3.63) is 24.7 Å². The fraction of sp³-hybridized carbons (Fsp3) is 0.538. The number of anilines is 1. The highest BCUT2D eigenvalue weighted by Gasteiger charge is 2.23. The Bertz CT molecular complexity index is 524. The van der Waals surface area contributed by atoms with Crippen LogP contribution in [-0.4, -0.2) is 38.9 Å². The summed E-state index contributed by atoms with van der Waals surface area (Å²) in [6.07, 6.45) is 10.0. The van der Waals surface area contributed by atoms with Gasteiger partial charge in [-0.25, -0.2) is 9.50 Å². The zero-order valence-electron chi connectivity index (χ0n) is 10.4. The van der Waals surface area contributed by atoms with Crippen molar-refractivity contribution in [2.45, 2.75) is 31.7 Å². The molecule has 1 aliphatic heterocycles. The summed E-state index contributed by atoms with van der Waals surface area (Å²) in [5.41, 5.74) is 1.01. The minimum Gasteiger partial charge on any atom is -0.394 e. The lowest BCUT2D eigenvalue weighted by molar-refractivity contribution is 0.254. The Hall–Kier alpha value is -1.62. The van der Waals surface area contributed by atoms with Crippen LogP contribution in [0.15, 0.2) is 24.7 Å². The molecule has 18 heavy (non-hydrogen) atoms. The highest BCUT2D eigenvalue weighted by atomic mass is 16.3. The highest BCUT2D eigenvalue weighted by molar-refractivity contribution is 5.68. The van der Waals surface area contributed by atoms with Gasteiger partial charge in [0.05, 0.1) is 18.8 Å². The fourth-order valence-electron chi connectivity index (χ4n) is 2.71. The molecular formula is C13H18N4O. The standard InChI is InChI=1S/C13H18N4O/c18-10-11-4-2-1-3-8-16(11)13-12-5-6-15-17(12)9-7-14-13/h5-7,9,11,18H,1-4,8,10H2. The van der Waals surface area contributed by atoms with Crippen molar-refractivity contribution in [1.82, 2.24) is 14.6 Å². The minimum atomic E-state index is 0.182. The van der Waals surface area contributed by atoms with Crippen molar-refractivity contribution in [2.24, 2.45) is 0 Å². The summed E-state index contributed by atoms with van der Waals surface area (Å²) >= 11 is 0. The molecule has 1 N–H and O–H groups in total. The second-order valence-corrected chi connectivity index (χ2v) is 4.79. The summed E-state index contributed by atoms with van der Waals surface area (Å²) in [5, 5.41) is 13.8. The smallest absolute Gasteiger partial charge is 0.155 e. The van der Waals surface area contributed by atoms with E-state index in [1.807, 2.05) is 16.8 Å². The van der Waals surface area contributed by atoms with Crippen LogP contribution in [0, 0.1) is 0 Å². The van der Waals surface area contributed by atoms with E-state index in [9.17, 15) is 5.11 Å². The first-order chi connectivity index (χ1) is 8.90. The van der Waals surface area contributed by atoms with Gasteiger partial charge in [-0.1, -0.05) is 12.8 Å². The highest BCUT2D eigenvalue weighted by Crippen LogP contribution is 2.25. The van der Waals surface area contributed by atoms with Gasteiger partial charge in [-0.15, -0.1) is 0 Å². The SMILES string of the molecule is OCC1CCCCCN1c1nccn2nccc12. The number of hydrogen-bond acceptors (Lipinski definition) is 4. The van der Waals surface area contributed by atoms with Gasteiger partial charge in [0.15, 0.2) is 5.82 Å². The summed E-state index contributed by atoms with van der Waals surface area (Å²) < 4.78 is 1.83. The third-order valence-electron chi connectivity index (χ3n) is 3.66. The molecule has 5 nitrogen and oxygen atoms in total. The minimum absolute atomic E-state index is 0.182. The van der Waals surface area contributed by atoms with Crippen molar-refractivity contribution in [3.63, 3.8) is 0 Å². The van der Waals surface area contributed by atoms with Gasteiger partial charge >= 0.3 is 0 Å². The Morgan fingerprint density at radius 1 is 1.28 bits per heavy atom. The van der Waals surface area contributed by atoms with E-state index in [2.05, 4.69) is 15.0 Å². The van der Waals surface area contributed by atoms with Crippen LogP contribution in [0.3, 0.4) is 0 Å². The van der Waals surface area contributed by atoms with Crippen molar-refractivity contribution in [3.8, 4) is 0 Å². The summed E-state index contributed by atoms with van der Waals surface area (Å²) in [7, 11) is 0. The Morgan fingerprint density at radius 3 is 3.11 bits per heavy atom. The zero-order chi connectivity index (χ0) is 12.4.